The molecule has 0 aromatic heterocycles. The van der Waals surface area contributed by atoms with E-state index >= 15 is 0 Å². The number of nitrogens with zero attached hydrogens (tertiary/aromatic N) is 2. The first-order valence-electron chi connectivity index (χ1n) is 13.1. The molecule has 3 atom stereocenters. The highest BCUT2D eigenvalue weighted by Gasteiger charge is 2.44. The summed E-state index contributed by atoms with van der Waals surface area (Å²) in [5.41, 5.74) is 2.72. The largest absolute Gasteiger partial charge is 0.431 e. The van der Waals surface area contributed by atoms with Crippen LogP contribution >= 0.6 is 11.6 Å². The van der Waals surface area contributed by atoms with E-state index in [9.17, 15) is 13.0 Å². The molecule has 37 heavy (non-hydrogen) atoms. The highest BCUT2D eigenvalue weighted by molar-refractivity contribution is 7.90. The standard InChI is InChI=1S/C27H34ClF2N3O3S/c1-2-33(12-13-34)11-10-27(29,30)36-23-9-8-21(17-4-3-5-20(14-17)37(35)19-6-7-19)24-22-15-18(28)16-31-26(22)32-25(23)24/h5,9,14,16,19,21-22,34H,2-4,6-8,10-13,15H2,1H3,(H,31,32). The third-order valence-electron chi connectivity index (χ3n) is 7.61. The number of likely N-dealkylation sites (N-methyl/N-ethyl adjacent to an activating group) is 1. The van der Waals surface area contributed by atoms with Gasteiger partial charge in [-0.2, -0.15) is 8.78 Å². The Balaban J connectivity index is 1.39. The van der Waals surface area contributed by atoms with Crippen molar-refractivity contribution in [2.75, 3.05) is 26.2 Å². The fourth-order valence-corrected chi connectivity index (χ4v) is 7.20. The average Bonchev–Trinajstić information content (AvgIpc) is 3.67. The van der Waals surface area contributed by atoms with Gasteiger partial charge in [0.25, 0.3) is 0 Å². The lowest BCUT2D eigenvalue weighted by atomic mass is 9.75. The van der Waals surface area contributed by atoms with Gasteiger partial charge in [-0.3, -0.25) is 4.21 Å². The van der Waals surface area contributed by atoms with E-state index in [0.29, 0.717) is 42.5 Å². The number of hydrogen-bond acceptors (Lipinski definition) is 6. The highest BCUT2D eigenvalue weighted by Crippen LogP contribution is 2.48. The van der Waals surface area contributed by atoms with Crippen LogP contribution in [0.4, 0.5) is 8.78 Å². The Morgan fingerprint density at radius 3 is 2.84 bits per heavy atom. The molecular formula is C27H34ClF2N3O3S. The normalized spacial score (nSPS) is 26.4. The van der Waals surface area contributed by atoms with E-state index in [1.165, 1.54) is 5.57 Å². The van der Waals surface area contributed by atoms with Crippen LogP contribution in [0.1, 0.15) is 51.9 Å². The summed E-state index contributed by atoms with van der Waals surface area (Å²) in [5.74, 6) is 0.711. The van der Waals surface area contributed by atoms with Gasteiger partial charge in [0.2, 0.25) is 0 Å². The molecule has 5 rings (SSSR count). The smallest absolute Gasteiger partial charge is 0.399 e. The van der Waals surface area contributed by atoms with Gasteiger partial charge in [-0.15, -0.1) is 0 Å². The van der Waals surface area contributed by atoms with Crippen molar-refractivity contribution in [2.45, 2.75) is 63.2 Å². The first kappa shape index (κ1) is 26.8. The summed E-state index contributed by atoms with van der Waals surface area (Å²) in [6.07, 6.45) is 8.44. The fourth-order valence-electron chi connectivity index (χ4n) is 5.50. The lowest BCUT2D eigenvalue weighted by Crippen LogP contribution is -2.34. The van der Waals surface area contributed by atoms with Crippen molar-refractivity contribution in [3.8, 4) is 0 Å². The molecule has 10 heteroatoms. The molecule has 2 heterocycles. The van der Waals surface area contributed by atoms with Crippen molar-refractivity contribution in [3.63, 3.8) is 0 Å². The quantitative estimate of drug-likeness (QED) is 0.373. The monoisotopic (exact) mass is 553 g/mol. The first-order valence-corrected chi connectivity index (χ1v) is 14.7. The molecule has 2 aliphatic heterocycles. The number of alkyl halides is 2. The number of rotatable bonds is 11. The SMILES string of the molecule is CCN(CCO)CCC(F)(F)OC1=CCC(C2=CC(S(=O)C3CC3)=CCC2)C2=C1NC1=NC=C(Cl)CC12. The van der Waals surface area contributed by atoms with E-state index in [2.05, 4.69) is 22.5 Å². The Morgan fingerprint density at radius 2 is 2.11 bits per heavy atom. The molecular weight excluding hydrogens is 520 g/mol. The minimum atomic E-state index is -3.37. The molecule has 0 bridgehead atoms. The van der Waals surface area contributed by atoms with Gasteiger partial charge in [-0.25, -0.2) is 4.99 Å². The maximum absolute atomic E-state index is 15.0. The van der Waals surface area contributed by atoms with Crippen molar-refractivity contribution in [2.24, 2.45) is 16.8 Å². The van der Waals surface area contributed by atoms with Gasteiger partial charge in [0.05, 0.1) is 29.5 Å². The van der Waals surface area contributed by atoms with Crippen molar-refractivity contribution >= 4 is 28.2 Å². The number of amidine groups is 1. The minimum absolute atomic E-state index is 0.0104. The lowest BCUT2D eigenvalue weighted by molar-refractivity contribution is -0.218. The zero-order valence-corrected chi connectivity index (χ0v) is 22.6. The van der Waals surface area contributed by atoms with Crippen LogP contribution in [0.15, 0.2) is 62.0 Å². The fraction of sp³-hybridized carbons (Fsp3) is 0.593. The molecule has 0 saturated heterocycles. The van der Waals surface area contributed by atoms with Gasteiger partial charge >= 0.3 is 6.11 Å². The number of aliphatic hydroxyl groups is 1. The molecule has 1 fully saturated rings. The molecule has 0 aromatic carbocycles. The van der Waals surface area contributed by atoms with E-state index in [1.807, 2.05) is 6.92 Å². The summed E-state index contributed by atoms with van der Waals surface area (Å²) in [7, 11) is -0.981. The van der Waals surface area contributed by atoms with Crippen LogP contribution in [0.3, 0.4) is 0 Å². The average molecular weight is 554 g/mol. The molecule has 0 amide bonds. The molecule has 0 aromatic rings. The van der Waals surface area contributed by atoms with E-state index in [-0.39, 0.29) is 36.0 Å². The van der Waals surface area contributed by atoms with Crippen LogP contribution in [0.5, 0.6) is 0 Å². The molecule has 3 aliphatic carbocycles. The van der Waals surface area contributed by atoms with Gasteiger partial charge in [-0.05, 0) is 62.8 Å². The van der Waals surface area contributed by atoms with Crippen LogP contribution < -0.4 is 5.32 Å². The number of aliphatic hydroxyl groups excluding tert-OH is 1. The Hall–Kier alpha value is -1.81. The summed E-state index contributed by atoms with van der Waals surface area (Å²) in [4.78, 5) is 7.13. The van der Waals surface area contributed by atoms with Gasteiger partial charge in [0.15, 0.2) is 0 Å². The molecule has 1 saturated carbocycles. The summed E-state index contributed by atoms with van der Waals surface area (Å²) in [6, 6.07) is 0. The lowest BCUT2D eigenvalue weighted by Gasteiger charge is -2.32. The number of allylic oxidation sites excluding steroid dienone is 5. The molecule has 202 valence electrons. The summed E-state index contributed by atoms with van der Waals surface area (Å²) < 4.78 is 48.2. The van der Waals surface area contributed by atoms with Crippen molar-refractivity contribution in [1.29, 1.82) is 0 Å². The number of ether oxygens (including phenoxy) is 1. The van der Waals surface area contributed by atoms with Gasteiger partial charge < -0.3 is 20.1 Å². The van der Waals surface area contributed by atoms with Crippen molar-refractivity contribution < 1.29 is 22.8 Å². The maximum Gasteiger partial charge on any atom is 0.399 e. The molecule has 6 nitrogen and oxygen atoms in total. The van der Waals surface area contributed by atoms with Gasteiger partial charge in [0, 0.05) is 46.3 Å². The van der Waals surface area contributed by atoms with Gasteiger partial charge in [-0.1, -0.05) is 30.2 Å². The second-order valence-corrected chi connectivity index (χ2v) is 12.4. The third kappa shape index (κ3) is 5.95. The van der Waals surface area contributed by atoms with Crippen molar-refractivity contribution in [1.82, 2.24) is 10.2 Å². The molecule has 0 radical (unpaired) electrons. The topological polar surface area (TPSA) is 74.2 Å². The number of fused-ring (bicyclic) bond motifs is 2. The predicted molar refractivity (Wildman–Crippen MR) is 142 cm³/mol. The molecule has 5 aliphatic rings. The van der Waals surface area contributed by atoms with Crippen LogP contribution in [0.2, 0.25) is 0 Å². The zero-order chi connectivity index (χ0) is 26.2. The molecule has 2 N–H and O–H groups in total. The second-order valence-electron chi connectivity index (χ2n) is 10.2. The maximum atomic E-state index is 15.0. The van der Waals surface area contributed by atoms with Crippen LogP contribution in [-0.4, -0.2) is 57.7 Å². The van der Waals surface area contributed by atoms with Crippen LogP contribution in [-0.2, 0) is 15.5 Å². The Morgan fingerprint density at radius 1 is 1.30 bits per heavy atom. The Labute approximate surface area is 224 Å². The zero-order valence-electron chi connectivity index (χ0n) is 21.0. The third-order valence-corrected chi connectivity index (χ3v) is 9.68. The first-order chi connectivity index (χ1) is 17.8. The number of aliphatic imine (C=N–C) groups is 1. The van der Waals surface area contributed by atoms with Crippen LogP contribution in [0.25, 0.3) is 0 Å². The minimum Gasteiger partial charge on any atom is -0.431 e. The van der Waals surface area contributed by atoms with E-state index in [0.717, 1.165) is 36.2 Å². The highest BCUT2D eigenvalue weighted by atomic mass is 35.5. The molecule has 3 unspecified atom stereocenters. The van der Waals surface area contributed by atoms with E-state index in [4.69, 9.17) is 21.4 Å². The summed E-state index contributed by atoms with van der Waals surface area (Å²) >= 11 is 6.36. The van der Waals surface area contributed by atoms with Crippen molar-refractivity contribution in [3.05, 3.63) is 57.0 Å². The Bertz CT molecular complexity index is 1140. The predicted octanol–water partition coefficient (Wildman–Crippen LogP) is 5.08. The molecule has 0 spiro atoms. The van der Waals surface area contributed by atoms with Crippen LogP contribution in [0, 0.1) is 11.8 Å². The summed E-state index contributed by atoms with van der Waals surface area (Å²) in [5, 5.41) is 13.3. The van der Waals surface area contributed by atoms with E-state index in [1.54, 1.807) is 17.2 Å². The van der Waals surface area contributed by atoms with E-state index < -0.39 is 23.3 Å². The second kappa shape index (κ2) is 11.1. The number of hydrogen-bond donors (Lipinski definition) is 2. The Kier molecular flexibility index (Phi) is 8.05. The summed E-state index contributed by atoms with van der Waals surface area (Å²) in [6.45, 7) is 2.84. The number of nitrogens with one attached hydrogen (secondary N) is 1. The van der Waals surface area contributed by atoms with Gasteiger partial charge in [0.1, 0.15) is 11.6 Å². The number of halogens is 3.